The lowest BCUT2D eigenvalue weighted by atomic mass is 10.00. The van der Waals surface area contributed by atoms with Crippen LogP contribution in [0.1, 0.15) is 17.5 Å². The number of aliphatic carboxylic acids is 1. The molecular formula is C15H20ClNO3. The molecule has 1 unspecified atom stereocenters. The van der Waals surface area contributed by atoms with E-state index >= 15 is 0 Å². The number of aryl methyl sites for hydroxylation is 1. The van der Waals surface area contributed by atoms with Crippen LogP contribution in [-0.2, 0) is 16.0 Å². The van der Waals surface area contributed by atoms with Crippen LogP contribution in [-0.4, -0.2) is 48.3 Å². The molecule has 1 atom stereocenters. The molecule has 1 aliphatic rings. The molecule has 1 aliphatic heterocycles. The van der Waals surface area contributed by atoms with Gasteiger partial charge in [0.2, 0.25) is 0 Å². The molecule has 0 aromatic heterocycles. The molecule has 0 saturated carbocycles. The second-order valence-electron chi connectivity index (χ2n) is 5.19. The number of rotatable bonds is 5. The molecule has 1 heterocycles. The normalized spacial score (nSPS) is 17.9. The number of carbonyl (C=O) groups is 1. The molecule has 110 valence electrons. The molecule has 2 rings (SSSR count). The summed E-state index contributed by atoms with van der Waals surface area (Å²) >= 11 is 6.03. The number of carboxylic acid groups (broad SMARTS) is 1. The lowest BCUT2D eigenvalue weighted by molar-refractivity contribution is -0.138. The number of carboxylic acids is 1. The average Bonchev–Trinajstić information content (AvgIpc) is 2.43. The fourth-order valence-electron chi connectivity index (χ4n) is 2.58. The topological polar surface area (TPSA) is 49.8 Å². The molecule has 0 spiro atoms. The zero-order valence-corrected chi connectivity index (χ0v) is 12.4. The maximum Gasteiger partial charge on any atom is 0.304 e. The summed E-state index contributed by atoms with van der Waals surface area (Å²) in [5, 5.41) is 9.86. The summed E-state index contributed by atoms with van der Waals surface area (Å²) < 4.78 is 5.33. The third-order valence-electron chi connectivity index (χ3n) is 3.67. The number of halogens is 1. The van der Waals surface area contributed by atoms with Gasteiger partial charge in [0.25, 0.3) is 0 Å². The Morgan fingerprint density at radius 2 is 2.15 bits per heavy atom. The van der Waals surface area contributed by atoms with Crippen LogP contribution in [0.5, 0.6) is 0 Å². The van der Waals surface area contributed by atoms with Gasteiger partial charge < -0.3 is 9.84 Å². The number of nitrogens with zero attached hydrogens (tertiary/aromatic N) is 1. The summed E-state index contributed by atoms with van der Waals surface area (Å²) in [6.07, 6.45) is 0.881. The Bertz CT molecular complexity index is 472. The Morgan fingerprint density at radius 1 is 1.45 bits per heavy atom. The van der Waals surface area contributed by atoms with E-state index < -0.39 is 5.97 Å². The Labute approximate surface area is 124 Å². The predicted octanol–water partition coefficient (Wildman–Crippen LogP) is 2.37. The SMILES string of the molecule is Cc1cc(CC(CC(=O)O)N2CCOCC2)ccc1Cl. The van der Waals surface area contributed by atoms with Gasteiger partial charge in [-0.15, -0.1) is 0 Å². The van der Waals surface area contributed by atoms with E-state index in [1.165, 1.54) is 0 Å². The summed E-state index contributed by atoms with van der Waals surface area (Å²) in [5.41, 5.74) is 2.16. The van der Waals surface area contributed by atoms with Crippen LogP contribution in [0.3, 0.4) is 0 Å². The van der Waals surface area contributed by atoms with Crippen molar-refractivity contribution in [1.82, 2.24) is 4.90 Å². The van der Waals surface area contributed by atoms with Crippen LogP contribution in [0.15, 0.2) is 18.2 Å². The molecule has 20 heavy (non-hydrogen) atoms. The van der Waals surface area contributed by atoms with Crippen molar-refractivity contribution in [3.8, 4) is 0 Å². The minimum Gasteiger partial charge on any atom is -0.481 e. The first-order valence-electron chi connectivity index (χ1n) is 6.85. The van der Waals surface area contributed by atoms with E-state index in [4.69, 9.17) is 21.4 Å². The van der Waals surface area contributed by atoms with Gasteiger partial charge >= 0.3 is 5.97 Å². The molecule has 1 aromatic rings. The van der Waals surface area contributed by atoms with Crippen LogP contribution >= 0.6 is 11.6 Å². The minimum atomic E-state index is -0.757. The largest absolute Gasteiger partial charge is 0.481 e. The van der Waals surface area contributed by atoms with E-state index in [0.717, 1.165) is 35.7 Å². The molecule has 0 aliphatic carbocycles. The minimum absolute atomic E-state index is 0.0111. The molecule has 0 bridgehead atoms. The van der Waals surface area contributed by atoms with Crippen LogP contribution in [0.2, 0.25) is 5.02 Å². The molecule has 4 nitrogen and oxygen atoms in total. The Kier molecular flexibility index (Phi) is 5.40. The summed E-state index contributed by atoms with van der Waals surface area (Å²) in [6.45, 7) is 4.91. The van der Waals surface area contributed by atoms with Crippen molar-refractivity contribution in [1.29, 1.82) is 0 Å². The number of hydrogen-bond donors (Lipinski definition) is 1. The number of benzene rings is 1. The lowest BCUT2D eigenvalue weighted by Gasteiger charge is -2.34. The zero-order chi connectivity index (χ0) is 14.5. The highest BCUT2D eigenvalue weighted by molar-refractivity contribution is 6.31. The third-order valence-corrected chi connectivity index (χ3v) is 4.09. The zero-order valence-electron chi connectivity index (χ0n) is 11.6. The van der Waals surface area contributed by atoms with E-state index in [-0.39, 0.29) is 12.5 Å². The van der Waals surface area contributed by atoms with Gasteiger partial charge in [0.05, 0.1) is 19.6 Å². The van der Waals surface area contributed by atoms with Crippen LogP contribution < -0.4 is 0 Å². The molecule has 1 N–H and O–H groups in total. The van der Waals surface area contributed by atoms with Crippen LogP contribution in [0.25, 0.3) is 0 Å². The van der Waals surface area contributed by atoms with Gasteiger partial charge in [0, 0.05) is 24.2 Å². The molecule has 1 aromatic carbocycles. The van der Waals surface area contributed by atoms with Crippen LogP contribution in [0.4, 0.5) is 0 Å². The van der Waals surface area contributed by atoms with Crippen molar-refractivity contribution in [2.24, 2.45) is 0 Å². The molecular weight excluding hydrogens is 278 g/mol. The fourth-order valence-corrected chi connectivity index (χ4v) is 2.70. The van der Waals surface area contributed by atoms with Gasteiger partial charge in [0.15, 0.2) is 0 Å². The van der Waals surface area contributed by atoms with Crippen molar-refractivity contribution in [3.05, 3.63) is 34.3 Å². The van der Waals surface area contributed by atoms with Gasteiger partial charge in [-0.2, -0.15) is 0 Å². The molecule has 0 amide bonds. The van der Waals surface area contributed by atoms with Crippen molar-refractivity contribution < 1.29 is 14.6 Å². The maximum atomic E-state index is 11.1. The van der Waals surface area contributed by atoms with E-state index in [1.54, 1.807) is 0 Å². The first-order chi connectivity index (χ1) is 9.56. The second kappa shape index (κ2) is 7.07. The standard InChI is InChI=1S/C15H20ClNO3/c1-11-8-12(2-3-14(11)16)9-13(10-15(18)19)17-4-6-20-7-5-17/h2-3,8,13H,4-7,9-10H2,1H3,(H,18,19). The Morgan fingerprint density at radius 3 is 2.75 bits per heavy atom. The Hall–Kier alpha value is -1.10. The van der Waals surface area contributed by atoms with E-state index in [0.29, 0.717) is 13.2 Å². The number of hydrogen-bond acceptors (Lipinski definition) is 3. The summed E-state index contributed by atoms with van der Waals surface area (Å²) in [7, 11) is 0. The number of ether oxygens (including phenoxy) is 1. The number of morpholine rings is 1. The highest BCUT2D eigenvalue weighted by Crippen LogP contribution is 2.20. The van der Waals surface area contributed by atoms with Crippen molar-refractivity contribution >= 4 is 17.6 Å². The maximum absolute atomic E-state index is 11.1. The smallest absolute Gasteiger partial charge is 0.304 e. The van der Waals surface area contributed by atoms with Crippen LogP contribution in [0, 0.1) is 6.92 Å². The molecule has 1 saturated heterocycles. The first-order valence-corrected chi connectivity index (χ1v) is 7.22. The highest BCUT2D eigenvalue weighted by atomic mass is 35.5. The van der Waals surface area contributed by atoms with Gasteiger partial charge in [-0.25, -0.2) is 0 Å². The summed E-state index contributed by atoms with van der Waals surface area (Å²) in [4.78, 5) is 13.3. The van der Waals surface area contributed by atoms with Crippen molar-refractivity contribution in [3.63, 3.8) is 0 Å². The predicted molar refractivity (Wildman–Crippen MR) is 78.3 cm³/mol. The average molecular weight is 298 g/mol. The van der Waals surface area contributed by atoms with Gasteiger partial charge in [-0.05, 0) is 30.5 Å². The molecule has 0 radical (unpaired) electrons. The fraction of sp³-hybridized carbons (Fsp3) is 0.533. The quantitative estimate of drug-likeness (QED) is 0.906. The molecule has 5 heteroatoms. The first kappa shape index (κ1) is 15.3. The lowest BCUT2D eigenvalue weighted by Crippen LogP contribution is -2.45. The molecule has 1 fully saturated rings. The summed E-state index contributed by atoms with van der Waals surface area (Å²) in [5.74, 6) is -0.757. The van der Waals surface area contributed by atoms with Gasteiger partial charge in [0.1, 0.15) is 0 Å². The van der Waals surface area contributed by atoms with E-state index in [9.17, 15) is 4.79 Å². The van der Waals surface area contributed by atoms with E-state index in [2.05, 4.69) is 4.90 Å². The van der Waals surface area contributed by atoms with Crippen molar-refractivity contribution in [2.75, 3.05) is 26.3 Å². The van der Waals surface area contributed by atoms with Gasteiger partial charge in [-0.3, -0.25) is 9.69 Å². The second-order valence-corrected chi connectivity index (χ2v) is 5.59. The van der Waals surface area contributed by atoms with E-state index in [1.807, 2.05) is 25.1 Å². The van der Waals surface area contributed by atoms with Gasteiger partial charge in [-0.1, -0.05) is 23.7 Å². The summed E-state index contributed by atoms with van der Waals surface area (Å²) in [6, 6.07) is 5.91. The highest BCUT2D eigenvalue weighted by Gasteiger charge is 2.23. The monoisotopic (exact) mass is 297 g/mol. The Balaban J connectivity index is 2.09. The third kappa shape index (κ3) is 4.20. The van der Waals surface area contributed by atoms with Crippen molar-refractivity contribution in [2.45, 2.75) is 25.8 Å².